The van der Waals surface area contributed by atoms with Crippen LogP contribution in [0.15, 0.2) is 30.0 Å². The summed E-state index contributed by atoms with van der Waals surface area (Å²) in [7, 11) is 0. The Morgan fingerprint density at radius 2 is 1.37 bits per heavy atom. The van der Waals surface area contributed by atoms with Crippen LogP contribution in [-0.2, 0) is 0 Å². The largest absolute Gasteiger partial charge is 0.364 e. The molecule has 0 aliphatic heterocycles. The maximum absolute atomic E-state index is 3.44. The van der Waals surface area contributed by atoms with Gasteiger partial charge in [0, 0.05) is 17.8 Å². The number of aromatic amines is 1. The molecule has 0 saturated heterocycles. The maximum Gasteiger partial charge on any atom is 0.0219 e. The molecule has 1 N–H and O–H groups in total. The van der Waals surface area contributed by atoms with E-state index >= 15 is 0 Å². The molecule has 0 aliphatic rings. The molecule has 0 bridgehead atoms. The van der Waals surface area contributed by atoms with E-state index in [1.165, 1.54) is 108 Å². The molecule has 0 saturated carbocycles. The Labute approximate surface area is 170 Å². The first-order valence-electron chi connectivity index (χ1n) is 12.1. The molecule has 0 amide bonds. The molecule has 0 fully saturated rings. The number of nitrogens with one attached hydrogen (secondary N) is 1. The highest BCUT2D eigenvalue weighted by Crippen LogP contribution is 2.29. The van der Waals surface area contributed by atoms with Gasteiger partial charge >= 0.3 is 0 Å². The zero-order chi connectivity index (χ0) is 19.6. The fraction of sp³-hybridized carbons (Fsp3) is 0.769. The molecule has 1 rings (SSSR count). The first-order chi connectivity index (χ1) is 13.3. The molecule has 1 atom stereocenters. The molecule has 1 aromatic rings. The molecule has 156 valence electrons. The average Bonchev–Trinajstić information content (AvgIpc) is 3.20. The van der Waals surface area contributed by atoms with Crippen molar-refractivity contribution in [2.45, 2.75) is 129 Å². The van der Waals surface area contributed by atoms with E-state index in [9.17, 15) is 0 Å². The number of H-pyrrole nitrogens is 1. The third-order valence-electron chi connectivity index (χ3n) is 5.92. The molecule has 1 heterocycles. The second kappa shape index (κ2) is 17.1. The molecule has 0 spiro atoms. The van der Waals surface area contributed by atoms with Gasteiger partial charge in [0.15, 0.2) is 0 Å². The normalized spacial score (nSPS) is 13.2. The number of allylic oxidation sites excluding steroid dienone is 2. The van der Waals surface area contributed by atoms with E-state index in [0.717, 1.165) is 0 Å². The number of aromatic nitrogens is 1. The Balaban J connectivity index is 2.06. The molecule has 0 aliphatic carbocycles. The zero-order valence-electron chi connectivity index (χ0n) is 18.7. The van der Waals surface area contributed by atoms with Gasteiger partial charge in [-0.3, -0.25) is 0 Å². The minimum Gasteiger partial charge on any atom is -0.364 e. The van der Waals surface area contributed by atoms with Crippen LogP contribution < -0.4 is 0 Å². The fourth-order valence-corrected chi connectivity index (χ4v) is 4.05. The summed E-state index contributed by atoms with van der Waals surface area (Å²) in [6.07, 6.45) is 26.9. The van der Waals surface area contributed by atoms with E-state index in [1.807, 2.05) is 0 Å². The molecule has 0 radical (unpaired) electrons. The average molecular weight is 374 g/mol. The SMILES string of the molecule is CCCCCCCCCCCCCCC=C(C)C(CCCC)c1ccc[nH]1. The molecule has 1 nitrogen and oxygen atoms in total. The molecule has 27 heavy (non-hydrogen) atoms. The van der Waals surface area contributed by atoms with E-state index in [0.29, 0.717) is 5.92 Å². The van der Waals surface area contributed by atoms with Crippen molar-refractivity contribution in [3.63, 3.8) is 0 Å². The van der Waals surface area contributed by atoms with Gasteiger partial charge in [0.1, 0.15) is 0 Å². The predicted octanol–water partition coefficient (Wildman–Crippen LogP) is 9.33. The van der Waals surface area contributed by atoms with Gasteiger partial charge in [-0.1, -0.05) is 109 Å². The van der Waals surface area contributed by atoms with Crippen LogP contribution >= 0.6 is 0 Å². The Bertz CT molecular complexity index is 443. The number of hydrogen-bond acceptors (Lipinski definition) is 0. The van der Waals surface area contributed by atoms with E-state index in [4.69, 9.17) is 0 Å². The summed E-state index contributed by atoms with van der Waals surface area (Å²) in [5, 5.41) is 0. The smallest absolute Gasteiger partial charge is 0.0219 e. The van der Waals surface area contributed by atoms with Gasteiger partial charge in [-0.2, -0.15) is 0 Å². The van der Waals surface area contributed by atoms with Crippen LogP contribution in [0.5, 0.6) is 0 Å². The van der Waals surface area contributed by atoms with Crippen molar-refractivity contribution in [3.8, 4) is 0 Å². The van der Waals surface area contributed by atoms with Crippen LogP contribution in [0.2, 0.25) is 0 Å². The zero-order valence-corrected chi connectivity index (χ0v) is 18.7. The maximum atomic E-state index is 3.44. The highest BCUT2D eigenvalue weighted by Gasteiger charge is 2.13. The van der Waals surface area contributed by atoms with Gasteiger partial charge < -0.3 is 4.98 Å². The molecule has 0 aromatic carbocycles. The molecular formula is C26H47N. The van der Waals surface area contributed by atoms with Crippen molar-refractivity contribution in [3.05, 3.63) is 35.7 Å². The van der Waals surface area contributed by atoms with E-state index in [1.54, 1.807) is 5.57 Å². The van der Waals surface area contributed by atoms with Crippen LogP contribution in [0.4, 0.5) is 0 Å². The highest BCUT2D eigenvalue weighted by molar-refractivity contribution is 5.22. The minimum absolute atomic E-state index is 0.595. The third-order valence-corrected chi connectivity index (χ3v) is 5.92. The Morgan fingerprint density at radius 1 is 0.815 bits per heavy atom. The second-order valence-electron chi connectivity index (χ2n) is 8.45. The molecule has 1 aromatic heterocycles. The minimum atomic E-state index is 0.595. The lowest BCUT2D eigenvalue weighted by atomic mass is 9.90. The third kappa shape index (κ3) is 12.2. The fourth-order valence-electron chi connectivity index (χ4n) is 4.05. The van der Waals surface area contributed by atoms with Crippen LogP contribution in [-0.4, -0.2) is 4.98 Å². The first kappa shape index (κ1) is 24.1. The van der Waals surface area contributed by atoms with Crippen molar-refractivity contribution < 1.29 is 0 Å². The lowest BCUT2D eigenvalue weighted by Crippen LogP contribution is -2.01. The number of rotatable bonds is 18. The summed E-state index contributed by atoms with van der Waals surface area (Å²) in [6.45, 7) is 6.92. The summed E-state index contributed by atoms with van der Waals surface area (Å²) in [5.74, 6) is 0.595. The molecule has 1 heteroatoms. The van der Waals surface area contributed by atoms with Crippen LogP contribution in [0, 0.1) is 0 Å². The van der Waals surface area contributed by atoms with Crippen LogP contribution in [0.25, 0.3) is 0 Å². The summed E-state index contributed by atoms with van der Waals surface area (Å²) < 4.78 is 0. The van der Waals surface area contributed by atoms with E-state index in [2.05, 4.69) is 50.2 Å². The topological polar surface area (TPSA) is 15.8 Å². The lowest BCUT2D eigenvalue weighted by molar-refractivity contribution is 0.544. The second-order valence-corrected chi connectivity index (χ2v) is 8.45. The highest BCUT2D eigenvalue weighted by atomic mass is 14.7. The van der Waals surface area contributed by atoms with E-state index < -0.39 is 0 Å². The lowest BCUT2D eigenvalue weighted by Gasteiger charge is -2.16. The van der Waals surface area contributed by atoms with Gasteiger partial charge in [0.2, 0.25) is 0 Å². The van der Waals surface area contributed by atoms with Crippen molar-refractivity contribution in [1.82, 2.24) is 4.98 Å². The summed E-state index contributed by atoms with van der Waals surface area (Å²) in [5.41, 5.74) is 2.96. The summed E-state index contributed by atoms with van der Waals surface area (Å²) in [6, 6.07) is 4.38. The molecular weight excluding hydrogens is 326 g/mol. The van der Waals surface area contributed by atoms with Gasteiger partial charge in [-0.05, 0) is 38.3 Å². The number of hydrogen-bond donors (Lipinski definition) is 1. The standard InChI is InChI=1S/C26H47N/c1-4-6-8-9-10-11-12-13-14-15-16-17-18-20-24(3)25(21-7-5-2)26-22-19-23-27-26/h19-20,22-23,25,27H,4-18,21H2,1-3H3. The van der Waals surface area contributed by atoms with Crippen molar-refractivity contribution in [2.75, 3.05) is 0 Å². The van der Waals surface area contributed by atoms with Crippen molar-refractivity contribution in [1.29, 1.82) is 0 Å². The monoisotopic (exact) mass is 373 g/mol. The van der Waals surface area contributed by atoms with Gasteiger partial charge in [0.25, 0.3) is 0 Å². The van der Waals surface area contributed by atoms with E-state index in [-0.39, 0.29) is 0 Å². The molecule has 1 unspecified atom stereocenters. The Kier molecular flexibility index (Phi) is 15.3. The van der Waals surface area contributed by atoms with Crippen LogP contribution in [0.1, 0.15) is 135 Å². The van der Waals surface area contributed by atoms with Gasteiger partial charge in [0.05, 0.1) is 0 Å². The first-order valence-corrected chi connectivity index (χ1v) is 12.1. The van der Waals surface area contributed by atoms with Gasteiger partial charge in [-0.15, -0.1) is 0 Å². The predicted molar refractivity (Wildman–Crippen MR) is 123 cm³/mol. The summed E-state index contributed by atoms with van der Waals surface area (Å²) >= 11 is 0. The Morgan fingerprint density at radius 3 is 1.89 bits per heavy atom. The van der Waals surface area contributed by atoms with Crippen molar-refractivity contribution >= 4 is 0 Å². The summed E-state index contributed by atoms with van der Waals surface area (Å²) in [4.78, 5) is 3.44. The van der Waals surface area contributed by atoms with Crippen molar-refractivity contribution in [2.24, 2.45) is 0 Å². The Hall–Kier alpha value is -0.980. The van der Waals surface area contributed by atoms with Gasteiger partial charge in [-0.25, -0.2) is 0 Å². The number of unbranched alkanes of at least 4 members (excludes halogenated alkanes) is 13. The quantitative estimate of drug-likeness (QED) is 0.195. The van der Waals surface area contributed by atoms with Crippen LogP contribution in [0.3, 0.4) is 0 Å².